The van der Waals surface area contributed by atoms with Crippen molar-refractivity contribution in [2.24, 2.45) is 0 Å². The molecule has 0 aromatic carbocycles. The van der Waals surface area contributed by atoms with Gasteiger partial charge in [-0.3, -0.25) is 4.79 Å². The molecule has 0 aliphatic rings. The smallest absolute Gasteiger partial charge is 0.232 e. The van der Waals surface area contributed by atoms with Gasteiger partial charge >= 0.3 is 0 Å². The van der Waals surface area contributed by atoms with Gasteiger partial charge in [-0.1, -0.05) is 25.2 Å². The van der Waals surface area contributed by atoms with Gasteiger partial charge in [0.1, 0.15) is 5.01 Å². The Balaban J connectivity index is 1.99. The summed E-state index contributed by atoms with van der Waals surface area (Å²) in [6.07, 6.45) is 0.284. The third-order valence-electron chi connectivity index (χ3n) is 2.51. The fourth-order valence-electron chi connectivity index (χ4n) is 1.57. The molecule has 0 bridgehead atoms. The summed E-state index contributed by atoms with van der Waals surface area (Å²) in [5.74, 6) is 0.228. The number of hydrogen-bond acceptors (Lipinski definition) is 6. The minimum atomic E-state index is -0.0974. The van der Waals surface area contributed by atoms with Gasteiger partial charge in [0, 0.05) is 10.8 Å². The number of nitrogens with one attached hydrogen (secondary N) is 1. The van der Waals surface area contributed by atoms with E-state index in [1.165, 1.54) is 11.3 Å². The number of thiazole rings is 1. The molecule has 0 saturated carbocycles. The zero-order valence-corrected chi connectivity index (χ0v) is 13.0. The highest BCUT2D eigenvalue weighted by atomic mass is 32.1. The lowest BCUT2D eigenvalue weighted by Crippen LogP contribution is -2.15. The van der Waals surface area contributed by atoms with Crippen LogP contribution in [0.5, 0.6) is 0 Å². The van der Waals surface area contributed by atoms with Crippen molar-refractivity contribution in [1.82, 2.24) is 15.2 Å². The standard InChI is InChI=1S/C12H16N4OS2/c1-6(2)11-15-16-12(19-11)14-10(17)5-9-7(3)18-8(4)13-9/h6H,5H2,1-4H3,(H,14,16,17). The maximum absolute atomic E-state index is 11.9. The quantitative estimate of drug-likeness (QED) is 0.942. The van der Waals surface area contributed by atoms with Gasteiger partial charge in [0.15, 0.2) is 0 Å². The lowest BCUT2D eigenvalue weighted by molar-refractivity contribution is -0.115. The Hall–Kier alpha value is -1.34. The number of amides is 1. The number of anilines is 1. The maximum Gasteiger partial charge on any atom is 0.232 e. The second kappa shape index (κ2) is 5.75. The van der Waals surface area contributed by atoms with Gasteiger partial charge in [0.2, 0.25) is 11.0 Å². The van der Waals surface area contributed by atoms with Crippen molar-refractivity contribution >= 4 is 33.7 Å². The number of hydrogen-bond donors (Lipinski definition) is 1. The summed E-state index contributed by atoms with van der Waals surface area (Å²) >= 11 is 3.03. The molecule has 0 unspecified atom stereocenters. The van der Waals surface area contributed by atoms with E-state index < -0.39 is 0 Å². The van der Waals surface area contributed by atoms with Gasteiger partial charge in [-0.25, -0.2) is 4.98 Å². The molecule has 2 rings (SSSR count). The largest absolute Gasteiger partial charge is 0.300 e. The first-order chi connectivity index (χ1) is 8.95. The third kappa shape index (κ3) is 3.57. The molecular formula is C12H16N4OS2. The average molecular weight is 296 g/mol. The summed E-state index contributed by atoms with van der Waals surface area (Å²) in [5.41, 5.74) is 0.841. The molecule has 1 N–H and O–H groups in total. The van der Waals surface area contributed by atoms with E-state index in [4.69, 9.17) is 0 Å². The first-order valence-corrected chi connectivity index (χ1v) is 7.65. The Kier molecular flexibility index (Phi) is 4.26. The molecule has 102 valence electrons. The normalized spacial score (nSPS) is 11.0. The van der Waals surface area contributed by atoms with E-state index in [0.717, 1.165) is 20.6 Å². The van der Waals surface area contributed by atoms with Crippen LogP contribution in [0.1, 0.15) is 40.4 Å². The fraction of sp³-hybridized carbons (Fsp3) is 0.500. The van der Waals surface area contributed by atoms with E-state index >= 15 is 0 Å². The topological polar surface area (TPSA) is 67.8 Å². The summed E-state index contributed by atoms with van der Waals surface area (Å²) in [7, 11) is 0. The maximum atomic E-state index is 11.9. The summed E-state index contributed by atoms with van der Waals surface area (Å²) in [6.45, 7) is 8.02. The predicted molar refractivity (Wildman–Crippen MR) is 77.9 cm³/mol. The van der Waals surface area contributed by atoms with Crippen LogP contribution in [0.25, 0.3) is 0 Å². The summed E-state index contributed by atoms with van der Waals surface area (Å²) < 4.78 is 0. The Labute approximate surface area is 120 Å². The molecule has 2 heterocycles. The van der Waals surface area contributed by atoms with E-state index in [2.05, 4.69) is 20.5 Å². The highest BCUT2D eigenvalue weighted by Crippen LogP contribution is 2.23. The number of nitrogens with zero attached hydrogens (tertiary/aromatic N) is 3. The van der Waals surface area contributed by atoms with Crippen LogP contribution >= 0.6 is 22.7 Å². The molecule has 0 aliphatic carbocycles. The van der Waals surface area contributed by atoms with Crippen molar-refractivity contribution in [2.45, 2.75) is 40.0 Å². The Morgan fingerprint density at radius 1 is 1.26 bits per heavy atom. The summed E-state index contributed by atoms with van der Waals surface area (Å²) in [6, 6.07) is 0. The average Bonchev–Trinajstić information content (AvgIpc) is 2.87. The van der Waals surface area contributed by atoms with Gasteiger partial charge < -0.3 is 5.32 Å². The van der Waals surface area contributed by atoms with Crippen molar-refractivity contribution in [3.8, 4) is 0 Å². The zero-order valence-electron chi connectivity index (χ0n) is 11.4. The SMILES string of the molecule is Cc1nc(CC(=O)Nc2nnc(C(C)C)s2)c(C)s1. The van der Waals surface area contributed by atoms with Crippen molar-refractivity contribution in [1.29, 1.82) is 0 Å². The van der Waals surface area contributed by atoms with Crippen LogP contribution in [0.2, 0.25) is 0 Å². The Bertz CT molecular complexity index is 588. The van der Waals surface area contributed by atoms with Crippen LogP contribution in [0.15, 0.2) is 0 Å². The molecular weight excluding hydrogens is 280 g/mol. The second-order valence-electron chi connectivity index (χ2n) is 4.56. The molecule has 0 atom stereocenters. The highest BCUT2D eigenvalue weighted by molar-refractivity contribution is 7.15. The van der Waals surface area contributed by atoms with E-state index in [-0.39, 0.29) is 12.3 Å². The minimum Gasteiger partial charge on any atom is -0.300 e. The van der Waals surface area contributed by atoms with E-state index in [0.29, 0.717) is 11.0 Å². The molecule has 2 aromatic heterocycles. The second-order valence-corrected chi connectivity index (χ2v) is 6.98. The van der Waals surface area contributed by atoms with Crippen LogP contribution in [0, 0.1) is 13.8 Å². The molecule has 5 nitrogen and oxygen atoms in total. The summed E-state index contributed by atoms with van der Waals surface area (Å²) in [4.78, 5) is 17.4. The lowest BCUT2D eigenvalue weighted by Gasteiger charge is -1.99. The van der Waals surface area contributed by atoms with Crippen LogP contribution in [0.3, 0.4) is 0 Å². The van der Waals surface area contributed by atoms with Crippen LogP contribution in [-0.4, -0.2) is 21.1 Å². The fourth-order valence-corrected chi connectivity index (χ4v) is 3.17. The van der Waals surface area contributed by atoms with E-state index in [1.54, 1.807) is 11.3 Å². The molecule has 0 saturated heterocycles. The first kappa shape index (κ1) is 14.1. The molecule has 0 aliphatic heterocycles. The first-order valence-electron chi connectivity index (χ1n) is 6.02. The van der Waals surface area contributed by atoms with Crippen molar-refractivity contribution in [2.75, 3.05) is 5.32 Å². The van der Waals surface area contributed by atoms with Crippen LogP contribution < -0.4 is 5.32 Å². The van der Waals surface area contributed by atoms with Gasteiger partial charge in [-0.2, -0.15) is 0 Å². The minimum absolute atomic E-state index is 0.0974. The van der Waals surface area contributed by atoms with Crippen molar-refractivity contribution in [3.05, 3.63) is 20.6 Å². The predicted octanol–water partition coefficient (Wildman–Crippen LogP) is 2.92. The monoisotopic (exact) mass is 296 g/mol. The summed E-state index contributed by atoms with van der Waals surface area (Å²) in [5, 5.41) is 13.2. The van der Waals surface area contributed by atoms with Gasteiger partial charge in [0.05, 0.1) is 17.1 Å². The third-order valence-corrected chi connectivity index (χ3v) is 4.58. The molecule has 1 amide bonds. The zero-order chi connectivity index (χ0) is 14.0. The Morgan fingerprint density at radius 2 is 2.00 bits per heavy atom. The molecule has 19 heavy (non-hydrogen) atoms. The number of aromatic nitrogens is 3. The number of carbonyl (C=O) groups is 1. The van der Waals surface area contributed by atoms with Crippen LogP contribution in [0.4, 0.5) is 5.13 Å². The molecule has 0 spiro atoms. The number of rotatable bonds is 4. The van der Waals surface area contributed by atoms with Crippen molar-refractivity contribution in [3.63, 3.8) is 0 Å². The lowest BCUT2D eigenvalue weighted by atomic mass is 10.2. The highest BCUT2D eigenvalue weighted by Gasteiger charge is 2.13. The Morgan fingerprint density at radius 3 is 2.53 bits per heavy atom. The van der Waals surface area contributed by atoms with Gasteiger partial charge in [-0.15, -0.1) is 21.5 Å². The number of aryl methyl sites for hydroxylation is 2. The number of carbonyl (C=O) groups excluding carboxylic acids is 1. The van der Waals surface area contributed by atoms with Gasteiger partial charge in [0.25, 0.3) is 0 Å². The van der Waals surface area contributed by atoms with E-state index in [9.17, 15) is 4.79 Å². The molecule has 0 radical (unpaired) electrons. The van der Waals surface area contributed by atoms with E-state index in [1.807, 2.05) is 27.7 Å². The molecule has 2 aromatic rings. The molecule has 0 fully saturated rings. The van der Waals surface area contributed by atoms with Crippen LogP contribution in [-0.2, 0) is 11.2 Å². The van der Waals surface area contributed by atoms with Gasteiger partial charge in [-0.05, 0) is 13.8 Å². The van der Waals surface area contributed by atoms with Crippen molar-refractivity contribution < 1.29 is 4.79 Å². The molecule has 7 heteroatoms.